The smallest absolute Gasteiger partial charge is 0.342 e. The Morgan fingerprint density at radius 3 is 2.57 bits per heavy atom. The molecule has 0 fully saturated rings. The van der Waals surface area contributed by atoms with Gasteiger partial charge in [0.2, 0.25) is 5.78 Å². The van der Waals surface area contributed by atoms with E-state index in [1.165, 1.54) is 11.1 Å². The van der Waals surface area contributed by atoms with E-state index < -0.39 is 12.1 Å². The average molecular weight is 312 g/mol. The van der Waals surface area contributed by atoms with Crippen LogP contribution in [-0.2, 0) is 17.6 Å². The van der Waals surface area contributed by atoms with Crippen molar-refractivity contribution in [2.24, 2.45) is 0 Å². The highest BCUT2D eigenvalue weighted by atomic mass is 16.5. The zero-order valence-corrected chi connectivity index (χ0v) is 13.6. The van der Waals surface area contributed by atoms with E-state index >= 15 is 0 Å². The number of hydrogen-bond acceptors (Lipinski definition) is 4. The molecule has 4 nitrogen and oxygen atoms in total. The molecular formula is C19H20O4. The predicted molar refractivity (Wildman–Crippen MR) is 85.9 cm³/mol. The van der Waals surface area contributed by atoms with E-state index in [0.29, 0.717) is 22.6 Å². The van der Waals surface area contributed by atoms with Crippen molar-refractivity contribution in [2.75, 3.05) is 0 Å². The molecule has 0 amide bonds. The summed E-state index contributed by atoms with van der Waals surface area (Å²) in [5, 5.41) is 0. The van der Waals surface area contributed by atoms with Crippen LogP contribution in [0.15, 0.2) is 28.7 Å². The highest BCUT2D eigenvalue weighted by molar-refractivity contribution is 6.01. The molecule has 0 unspecified atom stereocenters. The van der Waals surface area contributed by atoms with E-state index in [-0.39, 0.29) is 5.78 Å². The number of fused-ring (bicyclic) bond motifs is 1. The second-order valence-corrected chi connectivity index (χ2v) is 6.08. The van der Waals surface area contributed by atoms with Crippen LogP contribution in [0.1, 0.15) is 56.7 Å². The molecule has 4 heteroatoms. The van der Waals surface area contributed by atoms with Gasteiger partial charge in [-0.05, 0) is 63.3 Å². The van der Waals surface area contributed by atoms with Gasteiger partial charge in [0.05, 0.1) is 0 Å². The summed E-state index contributed by atoms with van der Waals surface area (Å²) in [5.41, 5.74) is 3.52. The fourth-order valence-corrected chi connectivity index (χ4v) is 3.07. The number of aryl methyl sites for hydroxylation is 4. The molecule has 2 aromatic rings. The second-order valence-electron chi connectivity index (χ2n) is 6.08. The minimum atomic E-state index is -0.823. The Labute approximate surface area is 135 Å². The molecule has 1 aliphatic carbocycles. The molecule has 0 bridgehead atoms. The molecular weight excluding hydrogens is 292 g/mol. The predicted octanol–water partition coefficient (Wildman–Crippen LogP) is 3.81. The van der Waals surface area contributed by atoms with Gasteiger partial charge in [0.15, 0.2) is 6.10 Å². The SMILES string of the molecule is Cc1cc(C(=O)O[C@H](C)C(=O)c2ccc3c(c2)CCC3)c(C)o1. The molecule has 0 saturated carbocycles. The van der Waals surface area contributed by atoms with Gasteiger partial charge in [-0.25, -0.2) is 4.79 Å². The van der Waals surface area contributed by atoms with Gasteiger partial charge in [0.25, 0.3) is 0 Å². The Bertz CT molecular complexity index is 770. The van der Waals surface area contributed by atoms with E-state index in [4.69, 9.17) is 9.15 Å². The van der Waals surface area contributed by atoms with Gasteiger partial charge in [-0.2, -0.15) is 0 Å². The number of ether oxygens (including phenoxy) is 1. The first-order valence-corrected chi connectivity index (χ1v) is 7.89. The Kier molecular flexibility index (Phi) is 4.07. The number of carbonyl (C=O) groups is 2. The zero-order valence-electron chi connectivity index (χ0n) is 13.6. The molecule has 0 saturated heterocycles. The molecule has 0 spiro atoms. The highest BCUT2D eigenvalue weighted by Gasteiger charge is 2.24. The molecule has 1 aromatic carbocycles. The molecule has 23 heavy (non-hydrogen) atoms. The summed E-state index contributed by atoms with van der Waals surface area (Å²) in [4.78, 5) is 24.7. The fraction of sp³-hybridized carbons (Fsp3) is 0.368. The first kappa shape index (κ1) is 15.5. The van der Waals surface area contributed by atoms with Gasteiger partial charge in [0.1, 0.15) is 17.1 Å². The van der Waals surface area contributed by atoms with Crippen LogP contribution in [0.3, 0.4) is 0 Å². The van der Waals surface area contributed by atoms with Crippen molar-refractivity contribution in [1.82, 2.24) is 0 Å². The summed E-state index contributed by atoms with van der Waals surface area (Å²) in [5.74, 6) is 0.448. The molecule has 1 atom stereocenters. The quantitative estimate of drug-likeness (QED) is 0.636. The molecule has 0 radical (unpaired) electrons. The molecule has 1 heterocycles. The fourth-order valence-electron chi connectivity index (χ4n) is 3.07. The minimum Gasteiger partial charge on any atom is -0.466 e. The lowest BCUT2D eigenvalue weighted by molar-refractivity contribution is 0.0317. The molecule has 0 N–H and O–H groups in total. The standard InChI is InChI=1S/C19H20O4/c1-11-9-17(12(2)22-11)19(21)23-13(3)18(20)16-8-7-14-5-4-6-15(14)10-16/h7-10,13H,4-6H2,1-3H3/t13-/m1/s1. The van der Waals surface area contributed by atoms with E-state index in [1.807, 2.05) is 18.2 Å². The Morgan fingerprint density at radius 2 is 1.87 bits per heavy atom. The van der Waals surface area contributed by atoms with Crippen molar-refractivity contribution in [3.8, 4) is 0 Å². The third-order valence-electron chi connectivity index (χ3n) is 4.30. The molecule has 1 aliphatic rings. The third kappa shape index (κ3) is 3.07. The summed E-state index contributed by atoms with van der Waals surface area (Å²) in [6.45, 7) is 5.08. The van der Waals surface area contributed by atoms with Crippen molar-refractivity contribution >= 4 is 11.8 Å². The Morgan fingerprint density at radius 1 is 1.13 bits per heavy atom. The summed E-state index contributed by atoms with van der Waals surface area (Å²) in [6, 6.07) is 7.39. The van der Waals surface area contributed by atoms with E-state index in [0.717, 1.165) is 19.3 Å². The highest BCUT2D eigenvalue weighted by Crippen LogP contribution is 2.24. The van der Waals surface area contributed by atoms with E-state index in [1.54, 1.807) is 26.8 Å². The van der Waals surface area contributed by atoms with Crippen molar-refractivity contribution in [3.05, 3.63) is 58.0 Å². The molecule has 3 rings (SSSR count). The Hall–Kier alpha value is -2.36. The van der Waals surface area contributed by atoms with Crippen LogP contribution in [0.4, 0.5) is 0 Å². The lowest BCUT2D eigenvalue weighted by Crippen LogP contribution is -2.24. The molecule has 120 valence electrons. The minimum absolute atomic E-state index is 0.175. The first-order chi connectivity index (χ1) is 11.0. The number of esters is 1. The number of benzene rings is 1. The number of furan rings is 1. The van der Waals surface area contributed by atoms with Crippen LogP contribution in [0.5, 0.6) is 0 Å². The number of Topliss-reactive ketones (excluding diaryl/α,β-unsaturated/α-hetero) is 1. The van der Waals surface area contributed by atoms with Gasteiger partial charge < -0.3 is 9.15 Å². The van der Waals surface area contributed by atoms with Gasteiger partial charge in [-0.15, -0.1) is 0 Å². The van der Waals surface area contributed by atoms with Crippen molar-refractivity contribution in [2.45, 2.75) is 46.1 Å². The van der Waals surface area contributed by atoms with Crippen LogP contribution in [0.25, 0.3) is 0 Å². The summed E-state index contributed by atoms with van der Waals surface area (Å²) in [7, 11) is 0. The Balaban J connectivity index is 1.72. The normalized spacial score (nSPS) is 14.4. The average Bonchev–Trinajstić information content (AvgIpc) is 3.11. The maximum absolute atomic E-state index is 12.5. The van der Waals surface area contributed by atoms with Gasteiger partial charge >= 0.3 is 5.97 Å². The summed E-state index contributed by atoms with van der Waals surface area (Å²) >= 11 is 0. The lowest BCUT2D eigenvalue weighted by atomic mass is 10.0. The summed E-state index contributed by atoms with van der Waals surface area (Å²) < 4.78 is 10.6. The van der Waals surface area contributed by atoms with Gasteiger partial charge in [-0.1, -0.05) is 12.1 Å². The number of carbonyl (C=O) groups excluding carboxylic acids is 2. The van der Waals surface area contributed by atoms with Crippen LogP contribution in [0, 0.1) is 13.8 Å². The lowest BCUT2D eigenvalue weighted by Gasteiger charge is -2.13. The third-order valence-corrected chi connectivity index (χ3v) is 4.30. The topological polar surface area (TPSA) is 56.5 Å². The molecule has 1 aromatic heterocycles. The van der Waals surface area contributed by atoms with E-state index in [2.05, 4.69) is 0 Å². The molecule has 0 aliphatic heterocycles. The first-order valence-electron chi connectivity index (χ1n) is 7.89. The van der Waals surface area contributed by atoms with Gasteiger partial charge in [0, 0.05) is 5.56 Å². The van der Waals surface area contributed by atoms with Crippen LogP contribution < -0.4 is 0 Å². The summed E-state index contributed by atoms with van der Waals surface area (Å²) in [6.07, 6.45) is 2.40. The largest absolute Gasteiger partial charge is 0.466 e. The van der Waals surface area contributed by atoms with Crippen molar-refractivity contribution in [1.29, 1.82) is 0 Å². The number of rotatable bonds is 4. The van der Waals surface area contributed by atoms with E-state index in [9.17, 15) is 9.59 Å². The van der Waals surface area contributed by atoms with Gasteiger partial charge in [-0.3, -0.25) is 4.79 Å². The maximum Gasteiger partial charge on any atom is 0.342 e. The second kappa shape index (κ2) is 6.03. The van der Waals surface area contributed by atoms with Crippen LogP contribution in [-0.4, -0.2) is 17.9 Å². The van der Waals surface area contributed by atoms with Crippen LogP contribution in [0.2, 0.25) is 0 Å². The van der Waals surface area contributed by atoms with Crippen LogP contribution >= 0.6 is 0 Å². The maximum atomic E-state index is 12.5. The van der Waals surface area contributed by atoms with Crippen molar-refractivity contribution < 1.29 is 18.7 Å². The van der Waals surface area contributed by atoms with Crippen molar-refractivity contribution in [3.63, 3.8) is 0 Å². The monoisotopic (exact) mass is 312 g/mol. The number of hydrogen-bond donors (Lipinski definition) is 0. The zero-order chi connectivity index (χ0) is 16.6. The number of ketones is 1.